The predicted octanol–water partition coefficient (Wildman–Crippen LogP) is 6.96. The van der Waals surface area contributed by atoms with Crippen molar-refractivity contribution < 1.29 is 14.3 Å². The van der Waals surface area contributed by atoms with Crippen LogP contribution in [0, 0.1) is 0 Å². The zero-order valence-electron chi connectivity index (χ0n) is 21.5. The summed E-state index contributed by atoms with van der Waals surface area (Å²) in [6, 6.07) is 24.6. The lowest BCUT2D eigenvalue weighted by Gasteiger charge is -2.32. The zero-order valence-corrected chi connectivity index (χ0v) is 23.8. The van der Waals surface area contributed by atoms with Crippen LogP contribution in [0.4, 0.5) is 0 Å². The number of carbonyl (C=O) groups is 2. The Balaban J connectivity index is 1.50. The van der Waals surface area contributed by atoms with E-state index >= 15 is 0 Å². The number of benzene rings is 3. The molecule has 38 heavy (non-hydrogen) atoms. The first kappa shape index (κ1) is 28.2. The van der Waals surface area contributed by atoms with E-state index in [0.717, 1.165) is 41.3 Å². The molecule has 0 radical (unpaired) electrons. The van der Waals surface area contributed by atoms with Gasteiger partial charge in [0.15, 0.2) is 0 Å². The first-order valence-corrected chi connectivity index (χ1v) is 14.4. The molecule has 2 amide bonds. The normalized spacial score (nSPS) is 14.2. The Morgan fingerprint density at radius 2 is 1.63 bits per heavy atom. The van der Waals surface area contributed by atoms with Crippen molar-refractivity contribution in [1.82, 2.24) is 10.2 Å². The monoisotopic (exact) mass is 596 g/mol. The van der Waals surface area contributed by atoms with Crippen LogP contribution in [-0.2, 0) is 22.6 Å². The molecular weight excluding hydrogens is 564 g/mol. The number of amides is 2. The van der Waals surface area contributed by atoms with Gasteiger partial charge in [0.25, 0.3) is 0 Å². The number of hydrogen-bond donors (Lipinski definition) is 1. The molecule has 0 saturated heterocycles. The number of hydrogen-bond acceptors (Lipinski definition) is 3. The van der Waals surface area contributed by atoms with E-state index in [1.807, 2.05) is 66.7 Å². The van der Waals surface area contributed by atoms with Crippen LogP contribution < -0.4 is 10.1 Å². The first-order chi connectivity index (χ1) is 18.5. The van der Waals surface area contributed by atoms with Gasteiger partial charge in [-0.1, -0.05) is 82.8 Å². The lowest BCUT2D eigenvalue weighted by atomic mass is 10.0. The van der Waals surface area contributed by atoms with Crippen molar-refractivity contribution in [2.45, 2.75) is 63.6 Å². The van der Waals surface area contributed by atoms with Gasteiger partial charge in [0.2, 0.25) is 11.8 Å². The molecule has 200 valence electrons. The molecule has 1 N–H and O–H groups in total. The molecule has 4 rings (SSSR count). The van der Waals surface area contributed by atoms with Gasteiger partial charge in [-0.05, 0) is 66.8 Å². The second-order valence-corrected chi connectivity index (χ2v) is 11.1. The van der Waals surface area contributed by atoms with Gasteiger partial charge in [0, 0.05) is 34.9 Å². The minimum Gasteiger partial charge on any atom is -0.494 e. The van der Waals surface area contributed by atoms with E-state index in [-0.39, 0.29) is 24.3 Å². The molecule has 1 saturated carbocycles. The molecule has 0 spiro atoms. The van der Waals surface area contributed by atoms with Crippen molar-refractivity contribution in [2.24, 2.45) is 0 Å². The van der Waals surface area contributed by atoms with Gasteiger partial charge in [-0.3, -0.25) is 9.59 Å². The summed E-state index contributed by atoms with van der Waals surface area (Å²) in [5.41, 5.74) is 2.00. The Morgan fingerprint density at radius 3 is 2.32 bits per heavy atom. The van der Waals surface area contributed by atoms with E-state index in [4.69, 9.17) is 16.3 Å². The average Bonchev–Trinajstić information content (AvgIpc) is 3.44. The maximum Gasteiger partial charge on any atom is 0.243 e. The van der Waals surface area contributed by atoms with Gasteiger partial charge < -0.3 is 15.0 Å². The fourth-order valence-electron chi connectivity index (χ4n) is 4.80. The predicted molar refractivity (Wildman–Crippen MR) is 155 cm³/mol. The fraction of sp³-hybridized carbons (Fsp3) is 0.355. The number of nitrogens with one attached hydrogen (secondary N) is 1. The van der Waals surface area contributed by atoms with E-state index in [9.17, 15) is 9.59 Å². The summed E-state index contributed by atoms with van der Waals surface area (Å²) in [5.74, 6) is 0.574. The summed E-state index contributed by atoms with van der Waals surface area (Å²) in [6.45, 7) is 0.761. The molecule has 1 atom stereocenters. The maximum atomic E-state index is 13.7. The van der Waals surface area contributed by atoms with Gasteiger partial charge >= 0.3 is 0 Å². The number of nitrogens with zero attached hydrogens (tertiary/aromatic N) is 1. The molecule has 5 nitrogen and oxygen atoms in total. The molecule has 1 fully saturated rings. The van der Waals surface area contributed by atoms with Crippen molar-refractivity contribution in [3.05, 3.63) is 99.5 Å². The number of ether oxygens (including phenoxy) is 1. The largest absolute Gasteiger partial charge is 0.494 e. The Kier molecular flexibility index (Phi) is 10.6. The fourth-order valence-corrected chi connectivity index (χ4v) is 5.19. The van der Waals surface area contributed by atoms with Crippen molar-refractivity contribution in [2.75, 3.05) is 6.61 Å². The molecule has 7 heteroatoms. The topological polar surface area (TPSA) is 58.6 Å². The Hall–Kier alpha value is -2.83. The highest BCUT2D eigenvalue weighted by molar-refractivity contribution is 9.10. The summed E-state index contributed by atoms with van der Waals surface area (Å²) in [6.07, 6.45) is 5.53. The van der Waals surface area contributed by atoms with E-state index in [0.29, 0.717) is 36.8 Å². The van der Waals surface area contributed by atoms with Crippen molar-refractivity contribution in [1.29, 1.82) is 0 Å². The van der Waals surface area contributed by atoms with Crippen LogP contribution in [0.2, 0.25) is 5.02 Å². The minimum absolute atomic E-state index is 0.0601. The average molecular weight is 598 g/mol. The summed E-state index contributed by atoms with van der Waals surface area (Å²) in [7, 11) is 0. The minimum atomic E-state index is -0.605. The van der Waals surface area contributed by atoms with E-state index < -0.39 is 6.04 Å². The maximum absolute atomic E-state index is 13.7. The summed E-state index contributed by atoms with van der Waals surface area (Å²) >= 11 is 9.44. The molecule has 1 aliphatic carbocycles. The quantitative estimate of drug-likeness (QED) is 0.230. The third-order valence-electron chi connectivity index (χ3n) is 6.86. The molecular formula is C31H34BrClN2O3. The van der Waals surface area contributed by atoms with Crippen LogP contribution in [-0.4, -0.2) is 35.4 Å². The first-order valence-electron chi connectivity index (χ1n) is 13.2. The smallest absolute Gasteiger partial charge is 0.243 e. The molecule has 0 heterocycles. The second kappa shape index (κ2) is 14.4. The van der Waals surface area contributed by atoms with Gasteiger partial charge in [-0.25, -0.2) is 0 Å². The Morgan fingerprint density at radius 1 is 0.947 bits per heavy atom. The zero-order chi connectivity index (χ0) is 26.7. The third-order valence-corrected chi connectivity index (χ3v) is 7.64. The van der Waals surface area contributed by atoms with Crippen LogP contribution in [0.3, 0.4) is 0 Å². The summed E-state index contributed by atoms with van der Waals surface area (Å²) in [5, 5.41) is 3.90. The van der Waals surface area contributed by atoms with Crippen LogP contribution >= 0.6 is 27.5 Å². The molecule has 0 aromatic heterocycles. The molecule has 0 unspecified atom stereocenters. The number of rotatable bonds is 12. The third kappa shape index (κ3) is 8.60. The molecule has 1 aliphatic rings. The van der Waals surface area contributed by atoms with Crippen LogP contribution in [0.5, 0.6) is 5.75 Å². The molecule has 0 aliphatic heterocycles. The highest BCUT2D eigenvalue weighted by atomic mass is 79.9. The molecule has 0 bridgehead atoms. The number of halogens is 2. The van der Waals surface area contributed by atoms with Crippen LogP contribution in [0.1, 0.15) is 49.7 Å². The Labute approximate surface area is 238 Å². The second-order valence-electron chi connectivity index (χ2n) is 9.75. The van der Waals surface area contributed by atoms with E-state index in [2.05, 4.69) is 21.2 Å². The van der Waals surface area contributed by atoms with Crippen LogP contribution in [0.25, 0.3) is 0 Å². The van der Waals surface area contributed by atoms with Crippen molar-refractivity contribution >= 4 is 39.3 Å². The van der Waals surface area contributed by atoms with Gasteiger partial charge in [-0.2, -0.15) is 0 Å². The van der Waals surface area contributed by atoms with E-state index in [1.54, 1.807) is 17.0 Å². The van der Waals surface area contributed by atoms with E-state index in [1.165, 1.54) is 0 Å². The summed E-state index contributed by atoms with van der Waals surface area (Å²) in [4.78, 5) is 29.1. The highest BCUT2D eigenvalue weighted by Gasteiger charge is 2.32. The van der Waals surface area contributed by atoms with Crippen LogP contribution in [0.15, 0.2) is 83.3 Å². The molecule has 3 aromatic rings. The lowest BCUT2D eigenvalue weighted by molar-refractivity contribution is -0.141. The van der Waals surface area contributed by atoms with Crippen molar-refractivity contribution in [3.63, 3.8) is 0 Å². The standard InChI is InChI=1S/C31H34BrClN2O3/c32-25-14-12-24(13-15-25)22-35(30(36)11-6-20-38-28-18-16-26(33)17-19-28)29(21-23-7-2-1-3-8-23)31(37)34-27-9-4-5-10-27/h1-3,7-8,12-19,27,29H,4-6,9-11,20-22H2,(H,34,37)/t29-/m0/s1. The Bertz CT molecular complexity index is 1170. The van der Waals surface area contributed by atoms with Gasteiger partial charge in [-0.15, -0.1) is 0 Å². The SMILES string of the molecule is O=C(NC1CCCC1)[C@H](Cc1ccccc1)N(Cc1ccc(Br)cc1)C(=O)CCCOc1ccc(Cl)cc1. The van der Waals surface area contributed by atoms with Gasteiger partial charge in [0.1, 0.15) is 11.8 Å². The highest BCUT2D eigenvalue weighted by Crippen LogP contribution is 2.22. The van der Waals surface area contributed by atoms with Gasteiger partial charge in [0.05, 0.1) is 6.61 Å². The summed E-state index contributed by atoms with van der Waals surface area (Å²) < 4.78 is 6.77. The van der Waals surface area contributed by atoms with Crippen molar-refractivity contribution in [3.8, 4) is 5.75 Å². The lowest BCUT2D eigenvalue weighted by Crippen LogP contribution is -2.52. The number of carbonyl (C=O) groups excluding carboxylic acids is 2. The molecule has 3 aromatic carbocycles.